The molecule has 2 aliphatic rings. The third-order valence-corrected chi connectivity index (χ3v) is 5.53. The zero-order valence-corrected chi connectivity index (χ0v) is 18.8. The van der Waals surface area contributed by atoms with E-state index in [-0.39, 0.29) is 36.6 Å². The highest BCUT2D eigenvalue weighted by atomic mass is 16.5. The Morgan fingerprint density at radius 1 is 1.12 bits per heavy atom. The molecule has 174 valence electrons. The second-order valence-electron chi connectivity index (χ2n) is 8.68. The van der Waals surface area contributed by atoms with E-state index in [0.29, 0.717) is 30.9 Å². The Kier molecular flexibility index (Phi) is 8.21. The molecule has 0 saturated carbocycles. The van der Waals surface area contributed by atoms with Crippen LogP contribution in [-0.2, 0) is 19.1 Å². The first-order chi connectivity index (χ1) is 15.3. The van der Waals surface area contributed by atoms with E-state index >= 15 is 0 Å². The van der Waals surface area contributed by atoms with Crippen LogP contribution in [-0.4, -0.2) is 78.9 Å². The van der Waals surface area contributed by atoms with E-state index in [4.69, 9.17) is 4.74 Å². The van der Waals surface area contributed by atoms with Gasteiger partial charge in [0.25, 0.3) is 5.91 Å². The van der Waals surface area contributed by atoms with Crippen molar-refractivity contribution in [2.45, 2.75) is 39.2 Å². The Balaban J connectivity index is 1.54. The van der Waals surface area contributed by atoms with E-state index in [0.717, 1.165) is 25.9 Å². The van der Waals surface area contributed by atoms with Gasteiger partial charge in [-0.05, 0) is 43.0 Å². The standard InChI is InChI=1S/C23H32N4O5/c1-16(2)15-32-21(29)13-19-22(30)24-9-12-27(19)14-20(28)25-18-7-5-17(6-8-18)23(31)26-10-3-4-11-26/h5-8,16,19H,3-4,9-15H2,1-2H3,(H,24,30)(H,25,28). The summed E-state index contributed by atoms with van der Waals surface area (Å²) < 4.78 is 5.19. The molecule has 3 rings (SSSR count). The number of piperazine rings is 1. The average Bonchev–Trinajstić information content (AvgIpc) is 3.29. The monoisotopic (exact) mass is 444 g/mol. The van der Waals surface area contributed by atoms with Gasteiger partial charge in [-0.15, -0.1) is 0 Å². The Morgan fingerprint density at radius 2 is 1.81 bits per heavy atom. The van der Waals surface area contributed by atoms with Crippen molar-refractivity contribution in [2.75, 3.05) is 44.6 Å². The van der Waals surface area contributed by atoms with Crippen molar-refractivity contribution in [3.63, 3.8) is 0 Å². The second-order valence-corrected chi connectivity index (χ2v) is 8.68. The zero-order chi connectivity index (χ0) is 23.1. The van der Waals surface area contributed by atoms with Crippen LogP contribution in [0.15, 0.2) is 24.3 Å². The summed E-state index contributed by atoms with van der Waals surface area (Å²) in [7, 11) is 0. The number of likely N-dealkylation sites (tertiary alicyclic amines) is 1. The van der Waals surface area contributed by atoms with Crippen molar-refractivity contribution < 1.29 is 23.9 Å². The van der Waals surface area contributed by atoms with Crippen molar-refractivity contribution in [2.24, 2.45) is 5.92 Å². The first kappa shape index (κ1) is 23.7. The van der Waals surface area contributed by atoms with Crippen LogP contribution in [0.25, 0.3) is 0 Å². The molecule has 9 heteroatoms. The molecule has 2 fully saturated rings. The molecule has 1 aromatic carbocycles. The molecule has 1 aromatic rings. The number of carbonyl (C=O) groups is 4. The zero-order valence-electron chi connectivity index (χ0n) is 18.8. The van der Waals surface area contributed by atoms with Gasteiger partial charge in [-0.3, -0.25) is 24.1 Å². The fourth-order valence-electron chi connectivity index (χ4n) is 3.83. The highest BCUT2D eigenvalue weighted by Gasteiger charge is 2.33. The quantitative estimate of drug-likeness (QED) is 0.585. The summed E-state index contributed by atoms with van der Waals surface area (Å²) in [5.74, 6) is -0.816. The Labute approximate surface area is 188 Å². The molecule has 2 saturated heterocycles. The molecule has 2 heterocycles. The summed E-state index contributed by atoms with van der Waals surface area (Å²) in [6, 6.07) is 6.07. The topological polar surface area (TPSA) is 108 Å². The number of ether oxygens (including phenoxy) is 1. The molecule has 9 nitrogen and oxygen atoms in total. The van der Waals surface area contributed by atoms with Crippen LogP contribution in [0, 0.1) is 5.92 Å². The number of amides is 3. The van der Waals surface area contributed by atoms with Crippen LogP contribution in [0.4, 0.5) is 5.69 Å². The molecule has 0 radical (unpaired) electrons. The van der Waals surface area contributed by atoms with Crippen LogP contribution in [0.5, 0.6) is 0 Å². The molecule has 3 amide bonds. The first-order valence-corrected chi connectivity index (χ1v) is 11.2. The van der Waals surface area contributed by atoms with E-state index in [1.807, 2.05) is 18.7 Å². The van der Waals surface area contributed by atoms with Crippen molar-refractivity contribution in [3.05, 3.63) is 29.8 Å². The number of carbonyl (C=O) groups excluding carboxylic acids is 4. The molecular weight excluding hydrogens is 412 g/mol. The van der Waals surface area contributed by atoms with Crippen molar-refractivity contribution >= 4 is 29.4 Å². The molecule has 0 bridgehead atoms. The van der Waals surface area contributed by atoms with Gasteiger partial charge in [0.05, 0.1) is 19.6 Å². The number of benzene rings is 1. The predicted molar refractivity (Wildman–Crippen MR) is 119 cm³/mol. The summed E-state index contributed by atoms with van der Waals surface area (Å²) in [6.07, 6.45) is 1.97. The maximum Gasteiger partial charge on any atom is 0.307 e. The highest BCUT2D eigenvalue weighted by molar-refractivity contribution is 5.96. The third kappa shape index (κ3) is 6.53. The Bertz CT molecular complexity index is 833. The lowest BCUT2D eigenvalue weighted by Gasteiger charge is -2.33. The van der Waals surface area contributed by atoms with E-state index in [1.54, 1.807) is 29.2 Å². The molecular formula is C23H32N4O5. The van der Waals surface area contributed by atoms with Crippen LogP contribution in [0.3, 0.4) is 0 Å². The summed E-state index contributed by atoms with van der Waals surface area (Å²) in [5.41, 5.74) is 1.17. The summed E-state index contributed by atoms with van der Waals surface area (Å²) in [6.45, 7) is 6.59. The average molecular weight is 445 g/mol. The molecule has 1 atom stereocenters. The molecule has 32 heavy (non-hydrogen) atoms. The van der Waals surface area contributed by atoms with E-state index in [1.165, 1.54) is 0 Å². The van der Waals surface area contributed by atoms with Crippen LogP contribution in [0.1, 0.15) is 43.5 Å². The van der Waals surface area contributed by atoms with Gasteiger partial charge in [-0.25, -0.2) is 0 Å². The largest absolute Gasteiger partial charge is 0.465 e. The molecule has 0 spiro atoms. The van der Waals surface area contributed by atoms with Gasteiger partial charge in [0.15, 0.2) is 0 Å². The summed E-state index contributed by atoms with van der Waals surface area (Å²) >= 11 is 0. The fourth-order valence-corrected chi connectivity index (χ4v) is 3.83. The first-order valence-electron chi connectivity index (χ1n) is 11.2. The molecule has 2 aliphatic heterocycles. The summed E-state index contributed by atoms with van der Waals surface area (Å²) in [5, 5.41) is 5.54. The molecule has 1 unspecified atom stereocenters. The number of esters is 1. The molecule has 0 aromatic heterocycles. The van der Waals surface area contributed by atoms with E-state index in [9.17, 15) is 19.2 Å². The maximum absolute atomic E-state index is 12.6. The van der Waals surface area contributed by atoms with Gasteiger partial charge in [0, 0.05) is 37.4 Å². The van der Waals surface area contributed by atoms with Gasteiger partial charge < -0.3 is 20.3 Å². The number of rotatable bonds is 8. The predicted octanol–water partition coefficient (Wildman–Crippen LogP) is 1.25. The highest BCUT2D eigenvalue weighted by Crippen LogP contribution is 2.16. The molecule has 2 N–H and O–H groups in total. The molecule has 0 aliphatic carbocycles. The van der Waals surface area contributed by atoms with Gasteiger partial charge >= 0.3 is 5.97 Å². The SMILES string of the molecule is CC(C)COC(=O)CC1C(=O)NCCN1CC(=O)Nc1ccc(C(=O)N2CCCC2)cc1. The lowest BCUT2D eigenvalue weighted by Crippen LogP contribution is -2.57. The van der Waals surface area contributed by atoms with Crippen LogP contribution in [0.2, 0.25) is 0 Å². The minimum Gasteiger partial charge on any atom is -0.465 e. The lowest BCUT2D eigenvalue weighted by atomic mass is 10.1. The smallest absolute Gasteiger partial charge is 0.307 e. The van der Waals surface area contributed by atoms with Crippen LogP contribution < -0.4 is 10.6 Å². The number of anilines is 1. The summed E-state index contributed by atoms with van der Waals surface area (Å²) in [4.78, 5) is 53.0. The number of hydrogen-bond acceptors (Lipinski definition) is 6. The Morgan fingerprint density at radius 3 is 2.47 bits per heavy atom. The van der Waals surface area contributed by atoms with Crippen molar-refractivity contribution in [3.8, 4) is 0 Å². The van der Waals surface area contributed by atoms with Crippen molar-refractivity contribution in [1.82, 2.24) is 15.1 Å². The van der Waals surface area contributed by atoms with E-state index < -0.39 is 12.0 Å². The maximum atomic E-state index is 12.6. The Hall–Kier alpha value is -2.94. The minimum atomic E-state index is -0.741. The van der Waals surface area contributed by atoms with Gasteiger partial charge in [0.1, 0.15) is 6.04 Å². The normalized spacial score (nSPS) is 19.0. The van der Waals surface area contributed by atoms with Gasteiger partial charge in [-0.2, -0.15) is 0 Å². The van der Waals surface area contributed by atoms with Crippen LogP contribution >= 0.6 is 0 Å². The van der Waals surface area contributed by atoms with Gasteiger partial charge in [-0.1, -0.05) is 13.8 Å². The van der Waals surface area contributed by atoms with Crippen molar-refractivity contribution in [1.29, 1.82) is 0 Å². The number of nitrogens with one attached hydrogen (secondary N) is 2. The minimum absolute atomic E-state index is 0.00639. The fraction of sp³-hybridized carbons (Fsp3) is 0.565. The second kappa shape index (κ2) is 11.1. The third-order valence-electron chi connectivity index (χ3n) is 5.53. The lowest BCUT2D eigenvalue weighted by molar-refractivity contribution is -0.149. The van der Waals surface area contributed by atoms with E-state index in [2.05, 4.69) is 10.6 Å². The van der Waals surface area contributed by atoms with Gasteiger partial charge in [0.2, 0.25) is 11.8 Å². The number of nitrogens with zero attached hydrogens (tertiary/aromatic N) is 2. The number of hydrogen-bond donors (Lipinski definition) is 2.